The molecule has 0 aliphatic rings. The van der Waals surface area contributed by atoms with Gasteiger partial charge >= 0.3 is 0 Å². The van der Waals surface area contributed by atoms with Gasteiger partial charge in [0.1, 0.15) is 0 Å². The van der Waals surface area contributed by atoms with E-state index < -0.39 is 10.0 Å². The normalized spacial score (nSPS) is 12.6. The maximum Gasteiger partial charge on any atom is 0.238 e. The third-order valence-corrected chi connectivity index (χ3v) is 5.08. The van der Waals surface area contributed by atoms with E-state index in [1.54, 1.807) is 37.5 Å². The number of hydrogen-bond acceptors (Lipinski definition) is 6. The SMILES string of the molecule is CC(Sc1ncccn1)C(=O)NCCc1ccc(S(N)(=O)=O)cc1. The average Bonchev–Trinajstić information content (AvgIpc) is 2.55. The van der Waals surface area contributed by atoms with Crippen molar-refractivity contribution in [3.63, 3.8) is 0 Å². The molecule has 3 N–H and O–H groups in total. The Hall–Kier alpha value is -1.97. The second-order valence-electron chi connectivity index (χ2n) is 5.02. The maximum absolute atomic E-state index is 12.0. The van der Waals surface area contributed by atoms with Crippen LogP contribution in [0.3, 0.4) is 0 Å². The molecule has 0 saturated heterocycles. The van der Waals surface area contributed by atoms with Gasteiger partial charge in [0.2, 0.25) is 15.9 Å². The van der Waals surface area contributed by atoms with Crippen LogP contribution in [0.2, 0.25) is 0 Å². The zero-order valence-corrected chi connectivity index (χ0v) is 14.7. The Labute approximate surface area is 145 Å². The third kappa shape index (κ3) is 5.59. The summed E-state index contributed by atoms with van der Waals surface area (Å²) in [5, 5.41) is 8.13. The zero-order chi connectivity index (χ0) is 17.6. The molecule has 0 aliphatic heterocycles. The van der Waals surface area contributed by atoms with E-state index in [-0.39, 0.29) is 16.1 Å². The van der Waals surface area contributed by atoms with E-state index in [1.165, 1.54) is 23.9 Å². The fraction of sp³-hybridized carbons (Fsp3) is 0.267. The number of nitrogens with two attached hydrogens (primary N) is 1. The Morgan fingerprint density at radius 3 is 2.46 bits per heavy atom. The molecule has 0 radical (unpaired) electrons. The van der Waals surface area contributed by atoms with Crippen LogP contribution in [0.5, 0.6) is 0 Å². The molecular weight excluding hydrogens is 348 g/mol. The van der Waals surface area contributed by atoms with Crippen LogP contribution in [0.4, 0.5) is 0 Å². The number of thioether (sulfide) groups is 1. The maximum atomic E-state index is 12.0. The van der Waals surface area contributed by atoms with Crippen molar-refractivity contribution in [2.75, 3.05) is 6.54 Å². The van der Waals surface area contributed by atoms with E-state index in [2.05, 4.69) is 15.3 Å². The minimum absolute atomic E-state index is 0.0724. The van der Waals surface area contributed by atoms with Crippen molar-refractivity contribution in [1.29, 1.82) is 0 Å². The summed E-state index contributed by atoms with van der Waals surface area (Å²) in [5.74, 6) is -0.103. The highest BCUT2D eigenvalue weighted by molar-refractivity contribution is 8.00. The Bertz CT molecular complexity index is 780. The van der Waals surface area contributed by atoms with Crippen LogP contribution >= 0.6 is 11.8 Å². The molecule has 24 heavy (non-hydrogen) atoms. The van der Waals surface area contributed by atoms with Crippen LogP contribution in [0.15, 0.2) is 52.8 Å². The number of rotatable bonds is 7. The first-order valence-corrected chi connectivity index (χ1v) is 9.62. The first-order chi connectivity index (χ1) is 11.4. The van der Waals surface area contributed by atoms with Gasteiger partial charge in [-0.1, -0.05) is 23.9 Å². The molecule has 1 unspecified atom stereocenters. The molecule has 0 saturated carbocycles. The molecule has 2 rings (SSSR count). The number of sulfonamides is 1. The molecular formula is C15H18N4O3S2. The summed E-state index contributed by atoms with van der Waals surface area (Å²) >= 11 is 1.29. The summed E-state index contributed by atoms with van der Waals surface area (Å²) in [6, 6.07) is 8.00. The van der Waals surface area contributed by atoms with E-state index in [9.17, 15) is 13.2 Å². The van der Waals surface area contributed by atoms with Gasteiger partial charge in [-0.3, -0.25) is 4.79 Å². The smallest absolute Gasteiger partial charge is 0.238 e. The monoisotopic (exact) mass is 366 g/mol. The molecule has 128 valence electrons. The molecule has 7 nitrogen and oxygen atoms in total. The van der Waals surface area contributed by atoms with Gasteiger partial charge in [0, 0.05) is 18.9 Å². The Kier molecular flexibility index (Phi) is 6.29. The van der Waals surface area contributed by atoms with Gasteiger partial charge in [0.15, 0.2) is 5.16 Å². The summed E-state index contributed by atoms with van der Waals surface area (Å²) in [5.41, 5.74) is 0.911. The van der Waals surface area contributed by atoms with Gasteiger partial charge in [-0.15, -0.1) is 0 Å². The van der Waals surface area contributed by atoms with Crippen LogP contribution in [-0.4, -0.2) is 36.1 Å². The lowest BCUT2D eigenvalue weighted by Gasteiger charge is -2.11. The summed E-state index contributed by atoms with van der Waals surface area (Å²) in [4.78, 5) is 20.3. The Morgan fingerprint density at radius 1 is 1.25 bits per heavy atom. The number of carbonyl (C=O) groups excluding carboxylic acids is 1. The lowest BCUT2D eigenvalue weighted by Crippen LogP contribution is -2.32. The summed E-state index contributed by atoms with van der Waals surface area (Å²) in [7, 11) is -3.68. The second kappa shape index (κ2) is 8.22. The van der Waals surface area contributed by atoms with Crippen LogP contribution in [0.25, 0.3) is 0 Å². The molecule has 0 spiro atoms. The summed E-state index contributed by atoms with van der Waals surface area (Å²) in [6.45, 7) is 2.24. The van der Waals surface area contributed by atoms with Gasteiger partial charge in [-0.2, -0.15) is 0 Å². The van der Waals surface area contributed by atoms with Gasteiger partial charge < -0.3 is 5.32 Å². The van der Waals surface area contributed by atoms with E-state index in [0.717, 1.165) is 5.56 Å². The lowest BCUT2D eigenvalue weighted by atomic mass is 10.1. The molecule has 1 aromatic carbocycles. The van der Waals surface area contributed by atoms with Gasteiger partial charge in [0.25, 0.3) is 0 Å². The second-order valence-corrected chi connectivity index (χ2v) is 7.89. The van der Waals surface area contributed by atoms with E-state index in [1.807, 2.05) is 0 Å². The third-order valence-electron chi connectivity index (χ3n) is 3.16. The predicted molar refractivity (Wildman–Crippen MR) is 91.9 cm³/mol. The first kappa shape index (κ1) is 18.4. The molecule has 2 aromatic rings. The van der Waals surface area contributed by atoms with Crippen LogP contribution in [0.1, 0.15) is 12.5 Å². The number of amides is 1. The van der Waals surface area contributed by atoms with E-state index in [0.29, 0.717) is 18.1 Å². The number of nitrogens with zero attached hydrogens (tertiary/aromatic N) is 2. The average molecular weight is 366 g/mol. The van der Waals surface area contributed by atoms with E-state index in [4.69, 9.17) is 5.14 Å². The molecule has 1 heterocycles. The fourth-order valence-corrected chi connectivity index (χ4v) is 3.14. The number of benzene rings is 1. The minimum Gasteiger partial charge on any atom is -0.355 e. The summed E-state index contributed by atoms with van der Waals surface area (Å²) in [6.07, 6.45) is 3.85. The number of primary sulfonamides is 1. The van der Waals surface area contributed by atoms with Gasteiger partial charge in [-0.05, 0) is 37.1 Å². The molecule has 1 amide bonds. The largest absolute Gasteiger partial charge is 0.355 e. The van der Waals surface area contributed by atoms with Crippen molar-refractivity contribution in [2.45, 2.75) is 28.6 Å². The van der Waals surface area contributed by atoms with Crippen molar-refractivity contribution < 1.29 is 13.2 Å². The Balaban J connectivity index is 1.80. The predicted octanol–water partition coefficient (Wildman–Crippen LogP) is 0.964. The highest BCUT2D eigenvalue weighted by Crippen LogP contribution is 2.18. The standard InChI is InChI=1S/C15H18N4O3S2/c1-11(23-15-18-8-2-9-19-15)14(20)17-10-7-12-3-5-13(6-4-12)24(16,21)22/h2-6,8-9,11H,7,10H2,1H3,(H,17,20)(H2,16,21,22). The number of carbonyl (C=O) groups is 1. The highest BCUT2D eigenvalue weighted by atomic mass is 32.2. The van der Waals surface area contributed by atoms with Crippen LogP contribution < -0.4 is 10.5 Å². The quantitative estimate of drug-likeness (QED) is 0.557. The van der Waals surface area contributed by atoms with Crippen molar-refractivity contribution in [2.24, 2.45) is 5.14 Å². The van der Waals surface area contributed by atoms with Crippen molar-refractivity contribution in [1.82, 2.24) is 15.3 Å². The van der Waals surface area contributed by atoms with Gasteiger partial charge in [0.05, 0.1) is 10.1 Å². The van der Waals surface area contributed by atoms with Crippen molar-refractivity contribution >= 4 is 27.7 Å². The number of nitrogens with one attached hydrogen (secondary N) is 1. The van der Waals surface area contributed by atoms with Crippen LogP contribution in [0, 0.1) is 0 Å². The topological polar surface area (TPSA) is 115 Å². The minimum atomic E-state index is -3.68. The Morgan fingerprint density at radius 2 is 1.88 bits per heavy atom. The molecule has 0 aliphatic carbocycles. The van der Waals surface area contributed by atoms with Gasteiger partial charge in [-0.25, -0.2) is 23.5 Å². The lowest BCUT2D eigenvalue weighted by molar-refractivity contribution is -0.120. The molecule has 9 heteroatoms. The van der Waals surface area contributed by atoms with Crippen molar-refractivity contribution in [3.8, 4) is 0 Å². The number of hydrogen-bond donors (Lipinski definition) is 2. The molecule has 1 aromatic heterocycles. The fourth-order valence-electron chi connectivity index (χ4n) is 1.88. The zero-order valence-electron chi connectivity index (χ0n) is 13.0. The summed E-state index contributed by atoms with van der Waals surface area (Å²) < 4.78 is 22.4. The number of aromatic nitrogens is 2. The molecule has 1 atom stereocenters. The first-order valence-electron chi connectivity index (χ1n) is 7.19. The highest BCUT2D eigenvalue weighted by Gasteiger charge is 2.15. The molecule has 0 fully saturated rings. The van der Waals surface area contributed by atoms with Crippen LogP contribution in [-0.2, 0) is 21.2 Å². The molecule has 0 bridgehead atoms. The van der Waals surface area contributed by atoms with Crippen molar-refractivity contribution in [3.05, 3.63) is 48.3 Å². The van der Waals surface area contributed by atoms with E-state index >= 15 is 0 Å².